The number of ether oxygens (including phenoxy) is 1. The number of anilines is 1. The summed E-state index contributed by atoms with van der Waals surface area (Å²) >= 11 is 1.82. The van der Waals surface area contributed by atoms with Gasteiger partial charge in [0.1, 0.15) is 6.23 Å². The smallest absolute Gasteiger partial charge is 0.142 e. The van der Waals surface area contributed by atoms with E-state index in [0.29, 0.717) is 0 Å². The van der Waals surface area contributed by atoms with Gasteiger partial charge in [-0.25, -0.2) is 0 Å². The summed E-state index contributed by atoms with van der Waals surface area (Å²) in [6.45, 7) is 4.92. The first kappa shape index (κ1) is 16.5. The van der Waals surface area contributed by atoms with Crippen LogP contribution in [0.2, 0.25) is 0 Å². The van der Waals surface area contributed by atoms with Crippen molar-refractivity contribution in [1.29, 1.82) is 0 Å². The summed E-state index contributed by atoms with van der Waals surface area (Å²) in [6, 6.07) is 15.1. The molecule has 0 spiro atoms. The SMILES string of the molecule is COC1CNCCN1c1cc(C)ccc1Sc1c[nH]c2ccccc12. The van der Waals surface area contributed by atoms with Crippen molar-refractivity contribution in [3.05, 3.63) is 54.2 Å². The number of aryl methyl sites for hydroxylation is 1. The van der Waals surface area contributed by atoms with Gasteiger partial charge in [-0.1, -0.05) is 36.0 Å². The predicted molar refractivity (Wildman–Crippen MR) is 105 cm³/mol. The molecule has 4 nitrogen and oxygen atoms in total. The molecule has 130 valence electrons. The minimum absolute atomic E-state index is 0.0675. The molecule has 2 aromatic carbocycles. The van der Waals surface area contributed by atoms with Crippen LogP contribution in [0.15, 0.2) is 58.5 Å². The zero-order valence-corrected chi connectivity index (χ0v) is 15.4. The molecular weight excluding hydrogens is 330 g/mol. The van der Waals surface area contributed by atoms with E-state index < -0.39 is 0 Å². The van der Waals surface area contributed by atoms with Gasteiger partial charge in [0, 0.05) is 53.6 Å². The molecule has 1 aliphatic rings. The van der Waals surface area contributed by atoms with E-state index in [-0.39, 0.29) is 6.23 Å². The van der Waals surface area contributed by atoms with E-state index in [4.69, 9.17) is 4.74 Å². The highest BCUT2D eigenvalue weighted by atomic mass is 32.2. The first-order chi connectivity index (χ1) is 12.3. The van der Waals surface area contributed by atoms with Crippen molar-refractivity contribution in [3.8, 4) is 0 Å². The Kier molecular flexibility index (Phi) is 4.70. The molecule has 1 unspecified atom stereocenters. The molecule has 0 saturated carbocycles. The van der Waals surface area contributed by atoms with Gasteiger partial charge in [0.2, 0.25) is 0 Å². The number of nitrogens with one attached hydrogen (secondary N) is 2. The fourth-order valence-corrected chi connectivity index (χ4v) is 4.41. The van der Waals surface area contributed by atoms with Crippen LogP contribution in [0.25, 0.3) is 10.9 Å². The average Bonchev–Trinajstić information content (AvgIpc) is 3.06. The van der Waals surface area contributed by atoms with Crippen LogP contribution in [0.5, 0.6) is 0 Å². The van der Waals surface area contributed by atoms with Crippen molar-refractivity contribution in [1.82, 2.24) is 10.3 Å². The summed E-state index contributed by atoms with van der Waals surface area (Å²) in [6.07, 6.45) is 2.17. The van der Waals surface area contributed by atoms with E-state index in [0.717, 1.165) is 19.6 Å². The summed E-state index contributed by atoms with van der Waals surface area (Å²) in [4.78, 5) is 8.26. The Morgan fingerprint density at radius 3 is 2.92 bits per heavy atom. The van der Waals surface area contributed by atoms with E-state index in [1.54, 1.807) is 7.11 Å². The summed E-state index contributed by atoms with van der Waals surface area (Å²) in [5, 5.41) is 4.68. The van der Waals surface area contributed by atoms with Crippen LogP contribution in [-0.4, -0.2) is 38.0 Å². The maximum absolute atomic E-state index is 5.71. The third-order valence-corrected chi connectivity index (χ3v) is 5.79. The van der Waals surface area contributed by atoms with Crippen LogP contribution in [0.3, 0.4) is 0 Å². The standard InChI is InChI=1S/C20H23N3OS/c1-14-7-8-18(17(11-14)23-10-9-21-13-20(23)24-2)25-19-12-22-16-6-4-3-5-15(16)19/h3-8,11-12,20-22H,9-10,13H2,1-2H3. The van der Waals surface area contributed by atoms with Gasteiger partial charge in [-0.05, 0) is 30.7 Å². The maximum Gasteiger partial charge on any atom is 0.142 e. The molecule has 0 bridgehead atoms. The molecule has 1 aliphatic heterocycles. The van der Waals surface area contributed by atoms with Crippen LogP contribution in [0, 0.1) is 6.92 Å². The number of piperazine rings is 1. The summed E-state index contributed by atoms with van der Waals surface area (Å²) in [5.41, 5.74) is 3.70. The number of para-hydroxylation sites is 1. The van der Waals surface area contributed by atoms with Crippen LogP contribution >= 0.6 is 11.8 Å². The molecule has 0 radical (unpaired) electrons. The van der Waals surface area contributed by atoms with Crippen LogP contribution in [-0.2, 0) is 4.74 Å². The number of benzene rings is 2. The Hall–Kier alpha value is -1.95. The van der Waals surface area contributed by atoms with Crippen molar-refractivity contribution >= 4 is 28.4 Å². The Bertz CT molecular complexity index is 876. The molecule has 3 aromatic rings. The van der Waals surface area contributed by atoms with Crippen LogP contribution in [0.1, 0.15) is 5.56 Å². The maximum atomic E-state index is 5.71. The fourth-order valence-electron chi connectivity index (χ4n) is 3.35. The van der Waals surface area contributed by atoms with Gasteiger partial charge >= 0.3 is 0 Å². The molecule has 25 heavy (non-hydrogen) atoms. The summed E-state index contributed by atoms with van der Waals surface area (Å²) < 4.78 is 5.71. The van der Waals surface area contributed by atoms with Gasteiger partial charge in [-0.15, -0.1) is 0 Å². The van der Waals surface area contributed by atoms with Crippen LogP contribution < -0.4 is 10.2 Å². The van der Waals surface area contributed by atoms with Gasteiger partial charge < -0.3 is 19.9 Å². The lowest BCUT2D eigenvalue weighted by molar-refractivity contribution is 0.0878. The summed E-state index contributed by atoms with van der Waals surface area (Å²) in [5.74, 6) is 0. The van der Waals surface area contributed by atoms with Crippen molar-refractivity contribution in [2.75, 3.05) is 31.6 Å². The van der Waals surface area contributed by atoms with E-state index in [1.807, 2.05) is 11.8 Å². The monoisotopic (exact) mass is 353 g/mol. The number of hydrogen-bond acceptors (Lipinski definition) is 4. The van der Waals surface area contributed by atoms with Crippen LogP contribution in [0.4, 0.5) is 5.69 Å². The Balaban J connectivity index is 1.72. The molecule has 1 fully saturated rings. The highest BCUT2D eigenvalue weighted by Gasteiger charge is 2.24. The van der Waals surface area contributed by atoms with Crippen molar-refractivity contribution in [2.45, 2.75) is 22.9 Å². The highest BCUT2D eigenvalue weighted by molar-refractivity contribution is 7.99. The largest absolute Gasteiger partial charge is 0.360 e. The number of aromatic nitrogens is 1. The Labute approximate surface area is 152 Å². The molecule has 2 N–H and O–H groups in total. The number of rotatable bonds is 4. The Morgan fingerprint density at radius 1 is 1.16 bits per heavy atom. The molecule has 1 atom stereocenters. The number of H-pyrrole nitrogens is 1. The predicted octanol–water partition coefficient (Wildman–Crippen LogP) is 4.01. The van der Waals surface area contributed by atoms with E-state index >= 15 is 0 Å². The topological polar surface area (TPSA) is 40.3 Å². The molecule has 0 amide bonds. The number of aromatic amines is 1. The molecule has 1 saturated heterocycles. The second-order valence-electron chi connectivity index (χ2n) is 6.36. The Morgan fingerprint density at radius 2 is 2.04 bits per heavy atom. The quantitative estimate of drug-likeness (QED) is 0.743. The van der Waals surface area contributed by atoms with Crippen molar-refractivity contribution in [3.63, 3.8) is 0 Å². The molecule has 0 aliphatic carbocycles. The average molecular weight is 353 g/mol. The van der Waals surface area contributed by atoms with Gasteiger partial charge in [-0.3, -0.25) is 0 Å². The number of nitrogens with zero attached hydrogens (tertiary/aromatic N) is 1. The molecular formula is C20H23N3OS. The normalized spacial score (nSPS) is 18.0. The van der Waals surface area contributed by atoms with Gasteiger partial charge in [0.25, 0.3) is 0 Å². The number of fused-ring (bicyclic) bond motifs is 1. The second kappa shape index (κ2) is 7.12. The first-order valence-electron chi connectivity index (χ1n) is 8.61. The lowest BCUT2D eigenvalue weighted by Crippen LogP contribution is -2.52. The van der Waals surface area contributed by atoms with E-state index in [1.165, 1.54) is 31.9 Å². The number of hydrogen-bond donors (Lipinski definition) is 2. The zero-order valence-electron chi connectivity index (χ0n) is 14.6. The minimum Gasteiger partial charge on any atom is -0.360 e. The molecule has 2 heterocycles. The first-order valence-corrected chi connectivity index (χ1v) is 9.42. The summed E-state index contributed by atoms with van der Waals surface area (Å²) in [7, 11) is 1.78. The van der Waals surface area contributed by atoms with Gasteiger partial charge in [0.15, 0.2) is 0 Å². The highest BCUT2D eigenvalue weighted by Crippen LogP contribution is 2.40. The zero-order chi connectivity index (χ0) is 17.2. The lowest BCUT2D eigenvalue weighted by atomic mass is 10.2. The minimum atomic E-state index is 0.0675. The fraction of sp³-hybridized carbons (Fsp3) is 0.300. The van der Waals surface area contributed by atoms with Gasteiger partial charge in [-0.2, -0.15) is 0 Å². The van der Waals surface area contributed by atoms with Crippen molar-refractivity contribution < 1.29 is 4.74 Å². The van der Waals surface area contributed by atoms with Crippen molar-refractivity contribution in [2.24, 2.45) is 0 Å². The lowest BCUT2D eigenvalue weighted by Gasteiger charge is -2.37. The van der Waals surface area contributed by atoms with E-state index in [9.17, 15) is 0 Å². The molecule has 1 aromatic heterocycles. The molecule has 5 heteroatoms. The third-order valence-electron chi connectivity index (χ3n) is 4.66. The van der Waals surface area contributed by atoms with E-state index in [2.05, 4.69) is 70.8 Å². The van der Waals surface area contributed by atoms with Gasteiger partial charge in [0.05, 0.1) is 5.69 Å². The third kappa shape index (κ3) is 3.27. The second-order valence-corrected chi connectivity index (χ2v) is 7.44. The molecule has 4 rings (SSSR count). The number of methoxy groups -OCH3 is 1.